The first-order valence-corrected chi connectivity index (χ1v) is 9.88. The van der Waals surface area contributed by atoms with E-state index in [0.29, 0.717) is 5.92 Å². The number of aliphatic hydroxyl groups excluding tert-OH is 1. The van der Waals surface area contributed by atoms with Gasteiger partial charge < -0.3 is 25.8 Å². The third-order valence-corrected chi connectivity index (χ3v) is 3.94. The summed E-state index contributed by atoms with van der Waals surface area (Å²) in [7, 11) is 0. The number of benzene rings is 1. The lowest BCUT2D eigenvalue weighted by Crippen LogP contribution is -2.39. The summed E-state index contributed by atoms with van der Waals surface area (Å²) in [5.41, 5.74) is -1.82. The van der Waals surface area contributed by atoms with Crippen molar-refractivity contribution in [3.05, 3.63) is 29.3 Å². The van der Waals surface area contributed by atoms with Crippen molar-refractivity contribution in [2.75, 3.05) is 11.9 Å². The number of alkyl carbamates (subject to hydrolysis) is 1. The maximum atomic E-state index is 12.8. The van der Waals surface area contributed by atoms with E-state index in [1.165, 1.54) is 6.07 Å². The number of carbonyl (C=O) groups excluding carboxylic acids is 3. The molecule has 1 aromatic rings. The molecule has 0 aliphatic rings. The van der Waals surface area contributed by atoms with E-state index in [4.69, 9.17) is 9.84 Å². The number of anilines is 1. The lowest BCUT2D eigenvalue weighted by molar-refractivity contribution is -0.137. The Morgan fingerprint density at radius 3 is 2.19 bits per heavy atom. The Balaban J connectivity index is 0.000000649. The van der Waals surface area contributed by atoms with Crippen molar-refractivity contribution in [2.45, 2.75) is 66.0 Å². The number of halogens is 3. The number of nitrogens with one attached hydrogen (secondary N) is 3. The quantitative estimate of drug-likeness (QED) is 0.462. The zero-order valence-corrected chi connectivity index (χ0v) is 19.1. The average Bonchev–Trinajstić information content (AvgIpc) is 2.64. The Hall–Kier alpha value is -2.82. The molecule has 0 saturated carbocycles. The highest BCUT2D eigenvalue weighted by Gasteiger charge is 2.34. The second-order valence-electron chi connectivity index (χ2n) is 8.26. The molecule has 182 valence electrons. The van der Waals surface area contributed by atoms with E-state index < -0.39 is 42.1 Å². The number of rotatable bonds is 7. The zero-order valence-electron chi connectivity index (χ0n) is 19.1. The Morgan fingerprint density at radius 2 is 1.75 bits per heavy atom. The van der Waals surface area contributed by atoms with E-state index in [-0.39, 0.29) is 24.1 Å². The first-order valence-electron chi connectivity index (χ1n) is 9.88. The predicted molar refractivity (Wildman–Crippen MR) is 114 cm³/mol. The van der Waals surface area contributed by atoms with Gasteiger partial charge in [-0.3, -0.25) is 9.59 Å². The molecule has 0 aromatic heterocycles. The van der Waals surface area contributed by atoms with Crippen molar-refractivity contribution in [1.29, 1.82) is 0 Å². The van der Waals surface area contributed by atoms with Crippen molar-refractivity contribution in [1.82, 2.24) is 10.6 Å². The summed E-state index contributed by atoms with van der Waals surface area (Å²) in [4.78, 5) is 32.5. The molecule has 1 atom stereocenters. The molecule has 0 heterocycles. The second-order valence-corrected chi connectivity index (χ2v) is 8.26. The minimum Gasteiger partial charge on any atom is -0.444 e. The van der Waals surface area contributed by atoms with Gasteiger partial charge in [-0.1, -0.05) is 19.9 Å². The number of hydrogen-bond donors (Lipinski definition) is 4. The van der Waals surface area contributed by atoms with Gasteiger partial charge in [0.15, 0.2) is 0 Å². The van der Waals surface area contributed by atoms with E-state index in [1.54, 1.807) is 0 Å². The second kappa shape index (κ2) is 12.9. The molecule has 8 nitrogen and oxygen atoms in total. The van der Waals surface area contributed by atoms with Crippen LogP contribution in [0.2, 0.25) is 0 Å². The molecule has 0 bridgehead atoms. The highest BCUT2D eigenvalue weighted by molar-refractivity contribution is 5.93. The Morgan fingerprint density at radius 1 is 1.16 bits per heavy atom. The Kier molecular flexibility index (Phi) is 11.8. The van der Waals surface area contributed by atoms with E-state index in [2.05, 4.69) is 19.2 Å². The van der Waals surface area contributed by atoms with Gasteiger partial charge in [0.05, 0.1) is 24.4 Å². The molecule has 3 amide bonds. The van der Waals surface area contributed by atoms with Crippen LogP contribution in [-0.2, 0) is 27.1 Å². The topological polar surface area (TPSA) is 117 Å². The number of ether oxygens (including phenoxy) is 1. The summed E-state index contributed by atoms with van der Waals surface area (Å²) in [6.45, 7) is 10.7. The Bertz CT molecular complexity index is 762. The van der Waals surface area contributed by atoms with Crippen LogP contribution in [0.5, 0.6) is 0 Å². The fourth-order valence-electron chi connectivity index (χ4n) is 2.02. The summed E-state index contributed by atoms with van der Waals surface area (Å²) >= 11 is 0. The fourth-order valence-corrected chi connectivity index (χ4v) is 2.02. The molecule has 0 fully saturated rings. The van der Waals surface area contributed by atoms with Gasteiger partial charge in [0.2, 0.25) is 12.3 Å². The first kappa shape index (κ1) is 29.2. The Labute approximate surface area is 185 Å². The molecule has 0 aliphatic carbocycles. The van der Waals surface area contributed by atoms with Crippen LogP contribution in [0.1, 0.15) is 52.7 Å². The minimum atomic E-state index is -4.66. The zero-order chi connectivity index (χ0) is 25.1. The molecule has 1 aromatic carbocycles. The van der Waals surface area contributed by atoms with Gasteiger partial charge in [-0.05, 0) is 51.3 Å². The summed E-state index contributed by atoms with van der Waals surface area (Å²) < 4.78 is 43.4. The summed E-state index contributed by atoms with van der Waals surface area (Å²) in [6.07, 6.45) is -4.74. The van der Waals surface area contributed by atoms with E-state index in [1.807, 2.05) is 38.3 Å². The molecule has 32 heavy (non-hydrogen) atoms. The number of aliphatic hydroxyl groups is 1. The maximum Gasteiger partial charge on any atom is 0.418 e. The molecule has 0 radical (unpaired) electrons. The van der Waals surface area contributed by atoms with Crippen LogP contribution in [-0.4, -0.2) is 41.7 Å². The van der Waals surface area contributed by atoms with Crippen LogP contribution in [0.25, 0.3) is 0 Å². The average molecular weight is 463 g/mol. The van der Waals surface area contributed by atoms with Crippen LogP contribution >= 0.6 is 0 Å². The van der Waals surface area contributed by atoms with E-state index >= 15 is 0 Å². The monoisotopic (exact) mass is 463 g/mol. The van der Waals surface area contributed by atoms with Crippen LogP contribution in [0, 0.1) is 5.92 Å². The highest BCUT2D eigenvalue weighted by Crippen LogP contribution is 2.35. The smallest absolute Gasteiger partial charge is 0.418 e. The van der Waals surface area contributed by atoms with Gasteiger partial charge in [-0.25, -0.2) is 4.79 Å². The first-order chi connectivity index (χ1) is 14.6. The van der Waals surface area contributed by atoms with Gasteiger partial charge in [0.1, 0.15) is 5.60 Å². The van der Waals surface area contributed by atoms with Gasteiger partial charge in [-0.2, -0.15) is 13.2 Å². The van der Waals surface area contributed by atoms with Crippen molar-refractivity contribution in [3.8, 4) is 0 Å². The number of amides is 3. The molecular formula is C21H32F3N3O5. The molecule has 1 rings (SSSR count). The molecular weight excluding hydrogens is 431 g/mol. The standard InChI is InChI=1S/C11H11F3N2O3.C10H21NO2/c12-11(13,14)8-3-7(5-17)1-2-9(8)16-10(19)4-15-6-18;1-7(2)8(3)11-9(12)13-10(4,5)6/h1-3,6,17H,4-5H2,(H,15,18)(H,16,19);7-8H,1-6H3,(H,11,12). The third kappa shape index (κ3) is 12.1. The summed E-state index contributed by atoms with van der Waals surface area (Å²) in [5.74, 6) is -0.359. The van der Waals surface area contributed by atoms with Gasteiger partial charge >= 0.3 is 12.3 Å². The summed E-state index contributed by atoms with van der Waals surface area (Å²) in [6, 6.07) is 3.21. The normalized spacial score (nSPS) is 12.2. The van der Waals surface area contributed by atoms with Crippen molar-refractivity contribution in [2.24, 2.45) is 5.92 Å². The minimum absolute atomic E-state index is 0.0799. The maximum absolute atomic E-state index is 12.8. The largest absolute Gasteiger partial charge is 0.444 e. The molecule has 0 aliphatic heterocycles. The predicted octanol–water partition coefficient (Wildman–Crippen LogP) is 3.44. The van der Waals surface area contributed by atoms with Gasteiger partial charge in [0, 0.05) is 6.04 Å². The van der Waals surface area contributed by atoms with Crippen LogP contribution in [0.15, 0.2) is 18.2 Å². The third-order valence-electron chi connectivity index (χ3n) is 3.94. The lowest BCUT2D eigenvalue weighted by Gasteiger charge is -2.23. The SMILES string of the molecule is CC(C)C(C)NC(=O)OC(C)(C)C.O=CNCC(=O)Nc1ccc(CO)cc1C(F)(F)F. The van der Waals surface area contributed by atoms with Gasteiger partial charge in [-0.15, -0.1) is 0 Å². The lowest BCUT2D eigenvalue weighted by atomic mass is 10.1. The molecule has 0 spiro atoms. The van der Waals surface area contributed by atoms with E-state index in [9.17, 15) is 27.6 Å². The number of hydrogen-bond acceptors (Lipinski definition) is 5. The van der Waals surface area contributed by atoms with Gasteiger partial charge in [0.25, 0.3) is 0 Å². The highest BCUT2D eigenvalue weighted by atomic mass is 19.4. The molecule has 0 saturated heterocycles. The van der Waals surface area contributed by atoms with Crippen LogP contribution in [0.3, 0.4) is 0 Å². The molecule has 4 N–H and O–H groups in total. The van der Waals surface area contributed by atoms with E-state index in [0.717, 1.165) is 12.1 Å². The number of alkyl halides is 3. The fraction of sp³-hybridized carbons (Fsp3) is 0.571. The van der Waals surface area contributed by atoms with Crippen molar-refractivity contribution >= 4 is 24.1 Å². The van der Waals surface area contributed by atoms with Crippen molar-refractivity contribution in [3.63, 3.8) is 0 Å². The van der Waals surface area contributed by atoms with Crippen LogP contribution < -0.4 is 16.0 Å². The summed E-state index contributed by atoms with van der Waals surface area (Å²) in [5, 5.41) is 15.7. The number of carbonyl (C=O) groups is 3. The molecule has 1 unspecified atom stereocenters. The van der Waals surface area contributed by atoms with Crippen molar-refractivity contribution < 1.29 is 37.4 Å². The molecule has 11 heteroatoms. The van der Waals surface area contributed by atoms with Crippen LogP contribution in [0.4, 0.5) is 23.7 Å².